The second-order valence-corrected chi connectivity index (χ2v) is 6.03. The number of nitrogens with zero attached hydrogens (tertiary/aromatic N) is 1. The summed E-state index contributed by atoms with van der Waals surface area (Å²) in [5.41, 5.74) is 3.50. The van der Waals surface area contributed by atoms with Crippen molar-refractivity contribution in [3.05, 3.63) is 23.3 Å². The number of hydrogen-bond acceptors (Lipinski definition) is 3. The second-order valence-electron chi connectivity index (χ2n) is 4.58. The third-order valence-electron chi connectivity index (χ3n) is 2.97. The number of aliphatic carboxylic acids is 1. The number of carboxylic acids is 1. The summed E-state index contributed by atoms with van der Waals surface area (Å²) in [7, 11) is 0. The van der Waals surface area contributed by atoms with E-state index in [2.05, 4.69) is 26.0 Å². The van der Waals surface area contributed by atoms with Gasteiger partial charge in [0.15, 0.2) is 0 Å². The predicted octanol–water partition coefficient (Wildman–Crippen LogP) is 2.69. The van der Waals surface area contributed by atoms with E-state index in [1.165, 1.54) is 10.5 Å². The number of thioether (sulfide) groups is 1. The van der Waals surface area contributed by atoms with E-state index < -0.39 is 5.97 Å². The molecule has 0 amide bonds. The number of fused-ring (bicyclic) bond motifs is 1. The summed E-state index contributed by atoms with van der Waals surface area (Å²) >= 11 is 1.85. The maximum Gasteiger partial charge on any atom is 0.323 e. The normalized spacial score (nSPS) is 19.0. The van der Waals surface area contributed by atoms with Crippen LogP contribution in [-0.2, 0) is 4.79 Å². The highest BCUT2D eigenvalue weighted by molar-refractivity contribution is 8.00. The number of carbonyl (C=O) groups is 1. The lowest BCUT2D eigenvalue weighted by Gasteiger charge is -2.35. The molecule has 3 nitrogen and oxygen atoms in total. The Labute approximate surface area is 106 Å². The molecule has 92 valence electrons. The Morgan fingerprint density at radius 1 is 1.47 bits per heavy atom. The van der Waals surface area contributed by atoms with Gasteiger partial charge < -0.3 is 10.0 Å². The Balaban J connectivity index is 2.47. The van der Waals surface area contributed by atoms with Crippen LogP contribution in [0.4, 0.5) is 5.69 Å². The molecule has 0 fully saturated rings. The van der Waals surface area contributed by atoms with Crippen molar-refractivity contribution in [1.29, 1.82) is 0 Å². The Hall–Kier alpha value is -1.16. The average Bonchev–Trinajstić information content (AvgIpc) is 2.22. The third kappa shape index (κ3) is 2.41. The Morgan fingerprint density at radius 2 is 2.12 bits per heavy atom. The van der Waals surface area contributed by atoms with Crippen LogP contribution >= 0.6 is 11.8 Å². The van der Waals surface area contributed by atoms with Gasteiger partial charge in [0.05, 0.1) is 5.69 Å². The van der Waals surface area contributed by atoms with Crippen molar-refractivity contribution in [1.82, 2.24) is 0 Å². The smallest absolute Gasteiger partial charge is 0.323 e. The first-order valence-electron chi connectivity index (χ1n) is 5.72. The van der Waals surface area contributed by atoms with E-state index in [9.17, 15) is 4.79 Å². The van der Waals surface area contributed by atoms with Gasteiger partial charge in [-0.25, -0.2) is 0 Å². The van der Waals surface area contributed by atoms with E-state index in [1.807, 2.05) is 23.6 Å². The van der Waals surface area contributed by atoms with Crippen LogP contribution in [0.25, 0.3) is 0 Å². The number of benzene rings is 1. The summed E-state index contributed by atoms with van der Waals surface area (Å²) in [5, 5.41) is 9.42. The molecule has 1 unspecified atom stereocenters. The zero-order valence-corrected chi connectivity index (χ0v) is 11.2. The van der Waals surface area contributed by atoms with Gasteiger partial charge in [0, 0.05) is 16.7 Å². The fourth-order valence-electron chi connectivity index (χ4n) is 2.26. The molecule has 1 aromatic carbocycles. The maximum absolute atomic E-state index is 10.9. The quantitative estimate of drug-likeness (QED) is 0.877. The van der Waals surface area contributed by atoms with Crippen LogP contribution in [0.3, 0.4) is 0 Å². The largest absolute Gasteiger partial charge is 0.480 e. The van der Waals surface area contributed by atoms with Gasteiger partial charge in [0.1, 0.15) is 6.54 Å². The highest BCUT2D eigenvalue weighted by atomic mass is 32.2. The number of anilines is 1. The second kappa shape index (κ2) is 4.61. The fourth-order valence-corrected chi connectivity index (χ4v) is 3.57. The zero-order chi connectivity index (χ0) is 12.6. The summed E-state index contributed by atoms with van der Waals surface area (Å²) < 4.78 is 0. The monoisotopic (exact) mass is 251 g/mol. The highest BCUT2D eigenvalue weighted by Gasteiger charge is 2.26. The first-order valence-corrected chi connectivity index (χ1v) is 6.60. The summed E-state index contributed by atoms with van der Waals surface area (Å²) in [6.45, 7) is 7.16. The van der Waals surface area contributed by atoms with Gasteiger partial charge in [0.2, 0.25) is 0 Å². The molecule has 1 aliphatic rings. The van der Waals surface area contributed by atoms with Gasteiger partial charge in [-0.15, -0.1) is 11.8 Å². The Kier molecular flexibility index (Phi) is 3.33. The minimum atomic E-state index is -0.768. The molecule has 1 N–H and O–H groups in total. The van der Waals surface area contributed by atoms with Gasteiger partial charge in [-0.2, -0.15) is 0 Å². The molecular formula is C13H17NO2S. The third-order valence-corrected chi connectivity index (χ3v) is 4.27. The molecule has 1 aromatic rings. The van der Waals surface area contributed by atoms with Crippen molar-refractivity contribution >= 4 is 23.4 Å². The van der Waals surface area contributed by atoms with Crippen molar-refractivity contribution in [3.63, 3.8) is 0 Å². The minimum absolute atomic E-state index is 0.0855. The molecular weight excluding hydrogens is 234 g/mol. The van der Waals surface area contributed by atoms with Crippen LogP contribution in [-0.4, -0.2) is 29.4 Å². The van der Waals surface area contributed by atoms with Crippen molar-refractivity contribution < 1.29 is 9.90 Å². The van der Waals surface area contributed by atoms with E-state index in [-0.39, 0.29) is 6.54 Å². The van der Waals surface area contributed by atoms with Crippen molar-refractivity contribution in [2.24, 2.45) is 0 Å². The van der Waals surface area contributed by atoms with E-state index >= 15 is 0 Å². The van der Waals surface area contributed by atoms with Gasteiger partial charge in [-0.05, 0) is 25.0 Å². The molecule has 0 bridgehead atoms. The lowest BCUT2D eigenvalue weighted by molar-refractivity contribution is -0.135. The molecule has 17 heavy (non-hydrogen) atoms. The minimum Gasteiger partial charge on any atom is -0.480 e. The topological polar surface area (TPSA) is 40.5 Å². The van der Waals surface area contributed by atoms with Crippen LogP contribution in [0.5, 0.6) is 0 Å². The van der Waals surface area contributed by atoms with Crippen LogP contribution < -0.4 is 4.90 Å². The first-order chi connectivity index (χ1) is 7.99. The standard InChI is InChI=1S/C13H17NO2S/c1-8-4-5-9(2)13-12(8)14(7-11(15)16)6-10(3)17-13/h4-5,10H,6-7H2,1-3H3,(H,15,16). The van der Waals surface area contributed by atoms with Crippen LogP contribution in [0.1, 0.15) is 18.1 Å². The molecule has 2 rings (SSSR count). The number of aryl methyl sites for hydroxylation is 2. The molecule has 1 atom stereocenters. The molecule has 0 radical (unpaired) electrons. The Bertz CT molecular complexity index is 459. The van der Waals surface area contributed by atoms with Gasteiger partial charge in [-0.1, -0.05) is 19.1 Å². The summed E-state index contributed by atoms with van der Waals surface area (Å²) in [6.07, 6.45) is 0. The van der Waals surface area contributed by atoms with Crippen molar-refractivity contribution in [2.75, 3.05) is 18.0 Å². The molecule has 1 heterocycles. The van der Waals surface area contributed by atoms with Crippen molar-refractivity contribution in [2.45, 2.75) is 30.9 Å². The van der Waals surface area contributed by atoms with Crippen molar-refractivity contribution in [3.8, 4) is 0 Å². The highest BCUT2D eigenvalue weighted by Crippen LogP contribution is 2.42. The fraction of sp³-hybridized carbons (Fsp3) is 0.462. The SMILES string of the molecule is Cc1ccc(C)c2c1SC(C)CN2CC(=O)O. The molecule has 4 heteroatoms. The van der Waals surface area contributed by atoms with E-state index in [1.54, 1.807) is 0 Å². The zero-order valence-electron chi connectivity index (χ0n) is 10.4. The summed E-state index contributed by atoms with van der Waals surface area (Å²) in [5.74, 6) is -0.768. The van der Waals surface area contributed by atoms with Crippen LogP contribution in [0, 0.1) is 13.8 Å². The number of carboxylic acid groups (broad SMARTS) is 1. The lowest BCUT2D eigenvalue weighted by Crippen LogP contribution is -2.38. The molecule has 0 saturated heterocycles. The van der Waals surface area contributed by atoms with Crippen LogP contribution in [0.15, 0.2) is 17.0 Å². The van der Waals surface area contributed by atoms with E-state index in [0.29, 0.717) is 5.25 Å². The maximum atomic E-state index is 10.9. The van der Waals surface area contributed by atoms with E-state index in [0.717, 1.165) is 17.8 Å². The van der Waals surface area contributed by atoms with Gasteiger partial charge in [-0.3, -0.25) is 4.79 Å². The molecule has 0 spiro atoms. The predicted molar refractivity (Wildman–Crippen MR) is 71.1 cm³/mol. The summed E-state index contributed by atoms with van der Waals surface area (Å²) in [6, 6.07) is 4.18. The van der Waals surface area contributed by atoms with E-state index in [4.69, 9.17) is 5.11 Å². The van der Waals surface area contributed by atoms with Gasteiger partial charge in [0.25, 0.3) is 0 Å². The molecule has 0 aromatic heterocycles. The average molecular weight is 251 g/mol. The Morgan fingerprint density at radius 3 is 2.76 bits per heavy atom. The lowest BCUT2D eigenvalue weighted by atomic mass is 10.1. The number of hydrogen-bond donors (Lipinski definition) is 1. The number of rotatable bonds is 2. The summed E-state index contributed by atoms with van der Waals surface area (Å²) in [4.78, 5) is 14.2. The molecule has 1 aliphatic heterocycles. The first kappa shape index (κ1) is 12.3. The van der Waals surface area contributed by atoms with Crippen LogP contribution in [0.2, 0.25) is 0 Å². The molecule has 0 saturated carbocycles. The van der Waals surface area contributed by atoms with Gasteiger partial charge >= 0.3 is 5.97 Å². The molecule has 0 aliphatic carbocycles.